The predicted molar refractivity (Wildman–Crippen MR) is 89.8 cm³/mol. The first kappa shape index (κ1) is 14.5. The van der Waals surface area contributed by atoms with Crippen LogP contribution in [-0.4, -0.2) is 9.55 Å². The zero-order valence-corrected chi connectivity index (χ0v) is 13.0. The van der Waals surface area contributed by atoms with Crippen LogP contribution in [0.15, 0.2) is 47.3 Å². The number of hydrogen-bond acceptors (Lipinski definition) is 3. The first-order valence-corrected chi connectivity index (χ1v) is 7.31. The van der Waals surface area contributed by atoms with Gasteiger partial charge in [-0.25, -0.2) is 4.98 Å². The molecule has 4 heteroatoms. The Bertz CT molecular complexity index is 896. The summed E-state index contributed by atoms with van der Waals surface area (Å²) in [5.41, 5.74) is 9.57. The molecular weight excluding hydrogens is 274 g/mol. The topological polar surface area (TPSA) is 60.9 Å². The number of fused-ring (bicyclic) bond motifs is 1. The summed E-state index contributed by atoms with van der Waals surface area (Å²) in [7, 11) is 1.75. The van der Waals surface area contributed by atoms with Crippen LogP contribution in [0.1, 0.15) is 24.1 Å². The van der Waals surface area contributed by atoms with Crippen LogP contribution in [-0.2, 0) is 7.05 Å². The molecule has 0 aliphatic rings. The average molecular weight is 293 g/mol. The fourth-order valence-corrected chi connectivity index (χ4v) is 2.74. The largest absolute Gasteiger partial charge is 0.324 e. The van der Waals surface area contributed by atoms with Crippen LogP contribution in [0, 0.1) is 6.92 Å². The Morgan fingerprint density at radius 2 is 1.86 bits per heavy atom. The zero-order chi connectivity index (χ0) is 15.9. The van der Waals surface area contributed by atoms with Crippen molar-refractivity contribution < 1.29 is 0 Å². The lowest BCUT2D eigenvalue weighted by Gasteiger charge is -2.14. The fraction of sp³-hybridized carbons (Fsp3) is 0.222. The third kappa shape index (κ3) is 2.31. The molecule has 0 saturated carbocycles. The van der Waals surface area contributed by atoms with Crippen molar-refractivity contribution in [3.63, 3.8) is 0 Å². The molecule has 0 radical (unpaired) electrons. The summed E-state index contributed by atoms with van der Waals surface area (Å²) in [4.78, 5) is 17.5. The monoisotopic (exact) mass is 293 g/mol. The van der Waals surface area contributed by atoms with E-state index in [0.29, 0.717) is 16.7 Å². The number of nitrogens with two attached hydrogens (primary N) is 1. The Morgan fingerprint density at radius 1 is 1.18 bits per heavy atom. The van der Waals surface area contributed by atoms with Gasteiger partial charge in [0.05, 0.1) is 10.9 Å². The van der Waals surface area contributed by atoms with Gasteiger partial charge in [-0.1, -0.05) is 36.4 Å². The Hall–Kier alpha value is -2.46. The summed E-state index contributed by atoms with van der Waals surface area (Å²) in [6.07, 6.45) is 0. The van der Waals surface area contributed by atoms with Crippen LogP contribution in [0.3, 0.4) is 0 Å². The number of benzene rings is 2. The molecule has 112 valence electrons. The third-order valence-corrected chi connectivity index (χ3v) is 3.88. The lowest BCUT2D eigenvalue weighted by atomic mass is 10.0. The van der Waals surface area contributed by atoms with Crippen molar-refractivity contribution in [2.24, 2.45) is 12.8 Å². The second-order valence-electron chi connectivity index (χ2n) is 5.70. The maximum atomic E-state index is 12.7. The molecule has 0 unspecified atom stereocenters. The Kier molecular flexibility index (Phi) is 3.54. The number of aromatic nitrogens is 2. The van der Waals surface area contributed by atoms with E-state index in [0.717, 1.165) is 16.7 Å². The highest BCUT2D eigenvalue weighted by molar-refractivity contribution is 5.84. The molecule has 2 aromatic carbocycles. The van der Waals surface area contributed by atoms with Crippen molar-refractivity contribution in [1.29, 1.82) is 0 Å². The minimum Gasteiger partial charge on any atom is -0.324 e. The Balaban J connectivity index is 2.43. The van der Waals surface area contributed by atoms with E-state index in [1.807, 2.05) is 56.3 Å². The summed E-state index contributed by atoms with van der Waals surface area (Å²) >= 11 is 0. The zero-order valence-electron chi connectivity index (χ0n) is 13.0. The van der Waals surface area contributed by atoms with Crippen molar-refractivity contribution in [2.75, 3.05) is 0 Å². The van der Waals surface area contributed by atoms with Gasteiger partial charge in [0.2, 0.25) is 0 Å². The molecule has 2 N–H and O–H groups in total. The van der Waals surface area contributed by atoms with Crippen molar-refractivity contribution in [3.8, 4) is 11.4 Å². The molecule has 0 amide bonds. The van der Waals surface area contributed by atoms with E-state index in [1.54, 1.807) is 11.6 Å². The van der Waals surface area contributed by atoms with Gasteiger partial charge in [0, 0.05) is 18.7 Å². The van der Waals surface area contributed by atoms with Crippen molar-refractivity contribution in [1.82, 2.24) is 9.55 Å². The maximum Gasteiger partial charge on any atom is 0.261 e. The first-order valence-electron chi connectivity index (χ1n) is 7.31. The van der Waals surface area contributed by atoms with E-state index in [9.17, 15) is 4.79 Å². The highest BCUT2D eigenvalue weighted by Crippen LogP contribution is 2.24. The van der Waals surface area contributed by atoms with E-state index < -0.39 is 0 Å². The van der Waals surface area contributed by atoms with Crippen LogP contribution in [0.4, 0.5) is 0 Å². The van der Waals surface area contributed by atoms with Crippen LogP contribution < -0.4 is 11.3 Å². The van der Waals surface area contributed by atoms with Gasteiger partial charge in [-0.2, -0.15) is 0 Å². The van der Waals surface area contributed by atoms with E-state index in [-0.39, 0.29) is 11.6 Å². The molecule has 0 aliphatic heterocycles. The molecule has 3 rings (SSSR count). The van der Waals surface area contributed by atoms with E-state index in [4.69, 9.17) is 10.7 Å². The second kappa shape index (κ2) is 5.39. The molecule has 0 fully saturated rings. The molecule has 0 bridgehead atoms. The highest BCUT2D eigenvalue weighted by atomic mass is 16.1. The summed E-state index contributed by atoms with van der Waals surface area (Å²) in [5.74, 6) is 0.656. The summed E-state index contributed by atoms with van der Waals surface area (Å²) in [6, 6.07) is 13.4. The SMILES string of the molecule is Cc1cc([C@@H](C)N)c2nc(-c3ccccc3)n(C)c(=O)c2c1. The fourth-order valence-electron chi connectivity index (χ4n) is 2.74. The predicted octanol–water partition coefficient (Wildman–Crippen LogP) is 2.93. The molecule has 22 heavy (non-hydrogen) atoms. The standard InChI is InChI=1S/C18H19N3O/c1-11-9-14(12(2)19)16-15(10-11)18(22)21(3)17(20-16)13-7-5-4-6-8-13/h4-10,12H,19H2,1-3H3/t12-/m1/s1. The van der Waals surface area contributed by atoms with Gasteiger partial charge in [-0.05, 0) is 31.0 Å². The maximum absolute atomic E-state index is 12.7. The summed E-state index contributed by atoms with van der Waals surface area (Å²) < 4.78 is 1.60. The van der Waals surface area contributed by atoms with Crippen molar-refractivity contribution in [3.05, 3.63) is 63.9 Å². The average Bonchev–Trinajstić information content (AvgIpc) is 2.51. The van der Waals surface area contributed by atoms with Crippen LogP contribution >= 0.6 is 0 Å². The minimum atomic E-state index is -0.175. The lowest BCUT2D eigenvalue weighted by molar-refractivity contribution is 0.814. The molecular formula is C18H19N3O. The first-order chi connectivity index (χ1) is 10.5. The van der Waals surface area contributed by atoms with Gasteiger partial charge in [0.25, 0.3) is 5.56 Å². The summed E-state index contributed by atoms with van der Waals surface area (Å²) in [5, 5.41) is 0.620. The Morgan fingerprint density at radius 3 is 2.50 bits per heavy atom. The van der Waals surface area contributed by atoms with Gasteiger partial charge in [-0.3, -0.25) is 9.36 Å². The van der Waals surface area contributed by atoms with E-state index >= 15 is 0 Å². The van der Waals surface area contributed by atoms with Crippen LogP contribution in [0.5, 0.6) is 0 Å². The summed E-state index contributed by atoms with van der Waals surface area (Å²) in [6.45, 7) is 3.88. The second-order valence-corrected chi connectivity index (χ2v) is 5.70. The van der Waals surface area contributed by atoms with E-state index in [1.165, 1.54) is 0 Å². The third-order valence-electron chi connectivity index (χ3n) is 3.88. The smallest absolute Gasteiger partial charge is 0.261 e. The molecule has 0 saturated heterocycles. The van der Waals surface area contributed by atoms with Crippen molar-refractivity contribution >= 4 is 10.9 Å². The van der Waals surface area contributed by atoms with Gasteiger partial charge < -0.3 is 5.73 Å². The number of hydrogen-bond donors (Lipinski definition) is 1. The molecule has 0 aliphatic carbocycles. The quantitative estimate of drug-likeness (QED) is 0.790. The minimum absolute atomic E-state index is 0.0468. The normalized spacial score (nSPS) is 12.5. The van der Waals surface area contributed by atoms with Crippen LogP contribution in [0.2, 0.25) is 0 Å². The molecule has 1 atom stereocenters. The van der Waals surface area contributed by atoms with E-state index in [2.05, 4.69) is 0 Å². The van der Waals surface area contributed by atoms with Crippen LogP contribution in [0.25, 0.3) is 22.3 Å². The number of nitrogens with zero attached hydrogens (tertiary/aromatic N) is 2. The van der Waals surface area contributed by atoms with Gasteiger partial charge in [0.15, 0.2) is 0 Å². The number of rotatable bonds is 2. The lowest BCUT2D eigenvalue weighted by Crippen LogP contribution is -2.21. The molecule has 3 aromatic rings. The Labute approximate surface area is 129 Å². The van der Waals surface area contributed by atoms with Gasteiger partial charge in [-0.15, -0.1) is 0 Å². The molecule has 1 heterocycles. The number of aryl methyl sites for hydroxylation is 1. The molecule has 1 aromatic heterocycles. The molecule has 4 nitrogen and oxygen atoms in total. The molecule has 0 spiro atoms. The van der Waals surface area contributed by atoms with Gasteiger partial charge in [0.1, 0.15) is 5.82 Å². The highest BCUT2D eigenvalue weighted by Gasteiger charge is 2.15. The van der Waals surface area contributed by atoms with Gasteiger partial charge >= 0.3 is 0 Å². The van der Waals surface area contributed by atoms with Crippen molar-refractivity contribution in [2.45, 2.75) is 19.9 Å².